The summed E-state index contributed by atoms with van der Waals surface area (Å²) in [5, 5.41) is 40.3. The van der Waals surface area contributed by atoms with Gasteiger partial charge in [0.1, 0.15) is 30.5 Å². The Kier molecular flexibility index (Phi) is 42.1. The second-order valence-electron chi connectivity index (χ2n) is 17.6. The first-order valence-corrected chi connectivity index (χ1v) is 25.9. The molecule has 6 atom stereocenters. The van der Waals surface area contributed by atoms with E-state index in [4.69, 9.17) is 18.9 Å². The van der Waals surface area contributed by atoms with E-state index in [9.17, 15) is 25.2 Å². The van der Waals surface area contributed by atoms with Gasteiger partial charge in [0, 0.05) is 13.0 Å². The van der Waals surface area contributed by atoms with Crippen molar-refractivity contribution in [3.05, 3.63) is 60.8 Å². The fourth-order valence-corrected chi connectivity index (χ4v) is 7.65. The Balaban J connectivity index is 2.21. The molecule has 9 nitrogen and oxygen atoms in total. The average Bonchev–Trinajstić information content (AvgIpc) is 3.28. The molecule has 0 aromatic carbocycles. The van der Waals surface area contributed by atoms with Crippen LogP contribution in [0.3, 0.4) is 0 Å². The Morgan fingerprint density at radius 3 is 1.48 bits per heavy atom. The van der Waals surface area contributed by atoms with Crippen molar-refractivity contribution in [2.45, 2.75) is 250 Å². The van der Waals surface area contributed by atoms with Crippen LogP contribution in [0, 0.1) is 0 Å². The second-order valence-corrected chi connectivity index (χ2v) is 17.6. The topological polar surface area (TPSA) is 135 Å². The minimum Gasteiger partial charge on any atom is -0.457 e. The molecular formula is C54H96O9. The van der Waals surface area contributed by atoms with Crippen molar-refractivity contribution in [1.29, 1.82) is 0 Å². The predicted molar refractivity (Wildman–Crippen MR) is 261 cm³/mol. The van der Waals surface area contributed by atoms with Crippen LogP contribution in [0.4, 0.5) is 0 Å². The summed E-state index contributed by atoms with van der Waals surface area (Å²) in [6.45, 7) is 4.44. The standard InChI is InChI=1S/C54H96O9/c1-3-5-7-9-11-13-15-17-19-21-23-24-25-26-28-30-32-34-36-38-40-42-44-60-46-48(47-61-54-53(59)52(58)51(57)49(45-55)63-54)62-50(56)43-41-39-37-35-33-31-29-27-22-20-18-16-14-12-10-8-6-4-2/h5,7,11,13,17,19-20,22-24,48-49,51-55,57-59H,3-4,6,8-10,12,14-16,18,21,25-47H2,1-2H3/b7-5-,13-11-,19-17-,22-20-,24-23-. The van der Waals surface area contributed by atoms with Crippen LogP contribution in [0.2, 0.25) is 0 Å². The SMILES string of the molecule is CC/C=C\C/C=C\C/C=C\C/C=C\CCCCCCCCCCCOCC(COC1OC(CO)C(O)C(O)C1O)OC(=O)CCCCCCCCC/C=C\CCCCCCCCC. The van der Waals surface area contributed by atoms with Gasteiger partial charge in [-0.05, 0) is 77.0 Å². The molecule has 0 bridgehead atoms. The van der Waals surface area contributed by atoms with Gasteiger partial charge in [0.15, 0.2) is 6.29 Å². The Labute approximate surface area is 385 Å². The van der Waals surface area contributed by atoms with Crippen LogP contribution >= 0.6 is 0 Å². The smallest absolute Gasteiger partial charge is 0.306 e. The minimum absolute atomic E-state index is 0.119. The number of hydrogen-bond acceptors (Lipinski definition) is 9. The van der Waals surface area contributed by atoms with E-state index in [1.54, 1.807) is 0 Å². The molecule has 63 heavy (non-hydrogen) atoms. The number of ether oxygens (including phenoxy) is 4. The fraction of sp³-hybridized carbons (Fsp3) is 0.796. The molecule has 0 amide bonds. The number of carbonyl (C=O) groups excluding carboxylic acids is 1. The number of aliphatic hydroxyl groups excluding tert-OH is 4. The van der Waals surface area contributed by atoms with E-state index in [1.165, 1.54) is 128 Å². The van der Waals surface area contributed by atoms with Crippen molar-refractivity contribution >= 4 is 5.97 Å². The summed E-state index contributed by atoms with van der Waals surface area (Å²) in [7, 11) is 0. The molecule has 9 heteroatoms. The maximum Gasteiger partial charge on any atom is 0.306 e. The normalized spacial score (nSPS) is 20.1. The highest BCUT2D eigenvalue weighted by Gasteiger charge is 2.44. The molecule has 1 rings (SSSR count). The molecule has 0 saturated carbocycles. The highest BCUT2D eigenvalue weighted by molar-refractivity contribution is 5.69. The highest BCUT2D eigenvalue weighted by Crippen LogP contribution is 2.23. The van der Waals surface area contributed by atoms with E-state index in [1.807, 2.05) is 0 Å². The summed E-state index contributed by atoms with van der Waals surface area (Å²) in [6, 6.07) is 0. The fourth-order valence-electron chi connectivity index (χ4n) is 7.65. The molecule has 1 aliphatic rings. The summed E-state index contributed by atoms with van der Waals surface area (Å²) >= 11 is 0. The molecule has 1 saturated heterocycles. The predicted octanol–water partition coefficient (Wildman–Crippen LogP) is 12.6. The lowest BCUT2D eigenvalue weighted by Crippen LogP contribution is -2.59. The van der Waals surface area contributed by atoms with Gasteiger partial charge in [0.05, 0.1) is 19.8 Å². The van der Waals surface area contributed by atoms with Crippen molar-refractivity contribution in [3.8, 4) is 0 Å². The number of unbranched alkanes of at least 4 members (excludes halogenated alkanes) is 23. The molecule has 366 valence electrons. The molecule has 0 aliphatic carbocycles. The van der Waals surface area contributed by atoms with Gasteiger partial charge in [0.25, 0.3) is 0 Å². The van der Waals surface area contributed by atoms with Crippen molar-refractivity contribution < 1.29 is 44.2 Å². The Morgan fingerprint density at radius 2 is 0.968 bits per heavy atom. The number of rotatable bonds is 44. The average molecular weight is 889 g/mol. The zero-order chi connectivity index (χ0) is 45.7. The Hall–Kier alpha value is -2.11. The quantitative estimate of drug-likeness (QED) is 0.0268. The molecule has 0 radical (unpaired) electrons. The van der Waals surface area contributed by atoms with Gasteiger partial charge in [-0.15, -0.1) is 0 Å². The van der Waals surface area contributed by atoms with Crippen LogP contribution in [-0.2, 0) is 23.7 Å². The van der Waals surface area contributed by atoms with Crippen molar-refractivity contribution in [2.75, 3.05) is 26.4 Å². The third kappa shape index (κ3) is 35.8. The molecule has 0 spiro atoms. The van der Waals surface area contributed by atoms with E-state index in [0.717, 1.165) is 64.2 Å². The first-order valence-electron chi connectivity index (χ1n) is 25.9. The summed E-state index contributed by atoms with van der Waals surface area (Å²) in [4.78, 5) is 12.8. The lowest BCUT2D eigenvalue weighted by atomic mass is 9.99. The van der Waals surface area contributed by atoms with E-state index in [0.29, 0.717) is 13.0 Å². The lowest BCUT2D eigenvalue weighted by Gasteiger charge is -2.39. The monoisotopic (exact) mass is 889 g/mol. The first-order chi connectivity index (χ1) is 30.9. The molecule has 4 N–H and O–H groups in total. The van der Waals surface area contributed by atoms with Crippen LogP contribution in [0.5, 0.6) is 0 Å². The first kappa shape index (κ1) is 58.9. The van der Waals surface area contributed by atoms with E-state index >= 15 is 0 Å². The lowest BCUT2D eigenvalue weighted by molar-refractivity contribution is -0.305. The largest absolute Gasteiger partial charge is 0.457 e. The van der Waals surface area contributed by atoms with E-state index in [2.05, 4.69) is 74.6 Å². The molecule has 1 aliphatic heterocycles. The van der Waals surface area contributed by atoms with Crippen LogP contribution in [0.25, 0.3) is 0 Å². The van der Waals surface area contributed by atoms with Gasteiger partial charge < -0.3 is 39.4 Å². The van der Waals surface area contributed by atoms with Gasteiger partial charge in [-0.3, -0.25) is 4.79 Å². The van der Waals surface area contributed by atoms with Gasteiger partial charge in [0.2, 0.25) is 0 Å². The molecule has 1 heterocycles. The summed E-state index contributed by atoms with van der Waals surface area (Å²) in [6.07, 6.45) is 51.1. The molecule has 1 fully saturated rings. The Morgan fingerprint density at radius 1 is 0.524 bits per heavy atom. The van der Waals surface area contributed by atoms with E-state index in [-0.39, 0.29) is 19.2 Å². The highest BCUT2D eigenvalue weighted by atomic mass is 16.7. The second kappa shape index (κ2) is 45.1. The molecule has 6 unspecified atom stereocenters. The van der Waals surface area contributed by atoms with Crippen molar-refractivity contribution in [2.24, 2.45) is 0 Å². The molecule has 0 aromatic heterocycles. The number of aliphatic hydroxyl groups is 4. The van der Waals surface area contributed by atoms with Crippen LogP contribution in [0.1, 0.15) is 213 Å². The van der Waals surface area contributed by atoms with Gasteiger partial charge in [-0.25, -0.2) is 0 Å². The maximum absolute atomic E-state index is 12.8. The molecular weight excluding hydrogens is 793 g/mol. The van der Waals surface area contributed by atoms with Crippen molar-refractivity contribution in [1.82, 2.24) is 0 Å². The van der Waals surface area contributed by atoms with Crippen LogP contribution in [-0.4, -0.2) is 89.6 Å². The van der Waals surface area contributed by atoms with E-state index < -0.39 is 43.4 Å². The number of hydrogen-bond donors (Lipinski definition) is 4. The zero-order valence-electron chi connectivity index (χ0n) is 40.3. The van der Waals surface area contributed by atoms with Gasteiger partial charge >= 0.3 is 5.97 Å². The third-order valence-corrected chi connectivity index (χ3v) is 11.7. The van der Waals surface area contributed by atoms with Crippen LogP contribution < -0.4 is 0 Å². The van der Waals surface area contributed by atoms with Crippen molar-refractivity contribution in [3.63, 3.8) is 0 Å². The molecule has 0 aromatic rings. The third-order valence-electron chi connectivity index (χ3n) is 11.7. The summed E-state index contributed by atoms with van der Waals surface area (Å²) < 4.78 is 22.9. The Bertz CT molecular complexity index is 1150. The number of carbonyl (C=O) groups is 1. The maximum atomic E-state index is 12.8. The number of esters is 1. The van der Waals surface area contributed by atoms with Gasteiger partial charge in [-0.1, -0.05) is 190 Å². The summed E-state index contributed by atoms with van der Waals surface area (Å²) in [5.41, 5.74) is 0. The zero-order valence-corrected chi connectivity index (χ0v) is 40.3. The minimum atomic E-state index is -1.54. The summed E-state index contributed by atoms with van der Waals surface area (Å²) in [5.74, 6) is -0.320. The van der Waals surface area contributed by atoms with Gasteiger partial charge in [-0.2, -0.15) is 0 Å². The number of allylic oxidation sites excluding steroid dienone is 10. The van der Waals surface area contributed by atoms with Crippen LogP contribution in [0.15, 0.2) is 60.8 Å².